The summed E-state index contributed by atoms with van der Waals surface area (Å²) in [5.74, 6) is 0.837. The van der Waals surface area contributed by atoms with Crippen molar-refractivity contribution in [2.45, 2.75) is 6.92 Å². The predicted molar refractivity (Wildman–Crippen MR) is 76.9 cm³/mol. The number of nitrogens with zero attached hydrogens (tertiary/aromatic N) is 5. The lowest BCUT2D eigenvalue weighted by atomic mass is 10.1. The maximum atomic E-state index is 5.31. The van der Waals surface area contributed by atoms with Gasteiger partial charge in [-0.1, -0.05) is 35.0 Å². The Balaban J connectivity index is 1.79. The van der Waals surface area contributed by atoms with Crippen molar-refractivity contribution in [2.24, 2.45) is 0 Å². The van der Waals surface area contributed by atoms with E-state index in [1.165, 1.54) is 5.56 Å². The van der Waals surface area contributed by atoms with Crippen LogP contribution in [0.1, 0.15) is 5.56 Å². The number of benzene rings is 2. The molecule has 6 nitrogen and oxygen atoms in total. The number of para-hydroxylation sites is 1. The number of aryl methyl sites for hydroxylation is 1. The third kappa shape index (κ3) is 1.97. The second-order valence-corrected chi connectivity index (χ2v) is 4.76. The molecule has 0 atom stereocenters. The van der Waals surface area contributed by atoms with Gasteiger partial charge < -0.3 is 4.52 Å². The molecule has 0 amide bonds. The first-order valence-electron chi connectivity index (χ1n) is 6.53. The molecular weight excluding hydrogens is 266 g/mol. The highest BCUT2D eigenvalue weighted by atomic mass is 16.5. The Labute approximate surface area is 120 Å². The van der Waals surface area contributed by atoms with Crippen molar-refractivity contribution in [1.82, 2.24) is 25.1 Å². The molecule has 102 valence electrons. The molecule has 0 saturated carbocycles. The van der Waals surface area contributed by atoms with Crippen LogP contribution in [0.2, 0.25) is 0 Å². The number of fused-ring (bicyclic) bond motifs is 1. The Kier molecular flexibility index (Phi) is 2.53. The lowest BCUT2D eigenvalue weighted by Gasteiger charge is -1.94. The number of rotatable bonds is 2. The monoisotopic (exact) mass is 277 g/mol. The quantitative estimate of drug-likeness (QED) is 0.563. The molecule has 2 aromatic carbocycles. The largest absolute Gasteiger partial charge is 0.332 e. The molecule has 0 radical (unpaired) electrons. The Hall–Kier alpha value is -3.02. The summed E-state index contributed by atoms with van der Waals surface area (Å²) in [5, 5.41) is 12.1. The summed E-state index contributed by atoms with van der Waals surface area (Å²) in [6.07, 6.45) is 0. The van der Waals surface area contributed by atoms with Gasteiger partial charge >= 0.3 is 0 Å². The summed E-state index contributed by atoms with van der Waals surface area (Å²) in [4.78, 5) is 4.39. The average molecular weight is 277 g/mol. The highest BCUT2D eigenvalue weighted by molar-refractivity contribution is 5.75. The Morgan fingerprint density at radius 2 is 1.81 bits per heavy atom. The third-order valence-electron chi connectivity index (χ3n) is 3.26. The van der Waals surface area contributed by atoms with Gasteiger partial charge in [0.15, 0.2) is 0 Å². The van der Waals surface area contributed by atoms with E-state index in [4.69, 9.17) is 4.52 Å². The van der Waals surface area contributed by atoms with Gasteiger partial charge in [-0.3, -0.25) is 0 Å². The minimum absolute atomic E-state index is 0.374. The standard InChI is InChI=1S/C15H11N5O/c1-10-6-8-11(9-7-10)14-16-15(18-21-14)20-13-5-3-2-4-12(13)17-19-20/h2-9H,1H3. The fourth-order valence-electron chi connectivity index (χ4n) is 2.13. The van der Waals surface area contributed by atoms with Crippen LogP contribution < -0.4 is 0 Å². The van der Waals surface area contributed by atoms with E-state index >= 15 is 0 Å². The van der Waals surface area contributed by atoms with E-state index in [1.54, 1.807) is 4.68 Å². The Bertz CT molecular complexity index is 907. The highest BCUT2D eigenvalue weighted by Gasteiger charge is 2.13. The van der Waals surface area contributed by atoms with Gasteiger partial charge in [-0.05, 0) is 36.3 Å². The van der Waals surface area contributed by atoms with Crippen LogP contribution in [0.3, 0.4) is 0 Å². The summed E-state index contributed by atoms with van der Waals surface area (Å²) in [6, 6.07) is 15.5. The zero-order chi connectivity index (χ0) is 14.2. The van der Waals surface area contributed by atoms with E-state index in [-0.39, 0.29) is 0 Å². The predicted octanol–water partition coefficient (Wildman–Crippen LogP) is 2.78. The minimum Gasteiger partial charge on any atom is -0.332 e. The summed E-state index contributed by atoms with van der Waals surface area (Å²) in [7, 11) is 0. The number of hydrogen-bond donors (Lipinski definition) is 0. The van der Waals surface area contributed by atoms with E-state index in [2.05, 4.69) is 20.5 Å². The molecule has 0 bridgehead atoms. The smallest absolute Gasteiger partial charge is 0.293 e. The SMILES string of the molecule is Cc1ccc(-c2nc(-n3nnc4ccccc43)no2)cc1. The second kappa shape index (κ2) is 4.52. The van der Waals surface area contributed by atoms with Gasteiger partial charge in [0.2, 0.25) is 0 Å². The van der Waals surface area contributed by atoms with Crippen molar-refractivity contribution in [3.8, 4) is 17.4 Å². The van der Waals surface area contributed by atoms with Crippen molar-refractivity contribution >= 4 is 11.0 Å². The molecule has 0 fully saturated rings. The van der Waals surface area contributed by atoms with Crippen molar-refractivity contribution in [3.63, 3.8) is 0 Å². The molecular formula is C15H11N5O. The molecule has 0 aliphatic heterocycles. The van der Waals surface area contributed by atoms with Crippen LogP contribution in [0.15, 0.2) is 53.1 Å². The van der Waals surface area contributed by atoms with Gasteiger partial charge in [0.25, 0.3) is 11.8 Å². The zero-order valence-electron chi connectivity index (χ0n) is 11.3. The van der Waals surface area contributed by atoms with Gasteiger partial charge in [0.05, 0.1) is 5.52 Å². The first-order chi connectivity index (χ1) is 10.3. The Morgan fingerprint density at radius 3 is 2.67 bits per heavy atom. The third-order valence-corrected chi connectivity index (χ3v) is 3.26. The van der Waals surface area contributed by atoms with E-state index in [9.17, 15) is 0 Å². The highest BCUT2D eigenvalue weighted by Crippen LogP contribution is 2.20. The van der Waals surface area contributed by atoms with E-state index < -0.39 is 0 Å². The van der Waals surface area contributed by atoms with Crippen molar-refractivity contribution < 1.29 is 4.52 Å². The average Bonchev–Trinajstić information content (AvgIpc) is 3.14. The van der Waals surface area contributed by atoms with Crippen LogP contribution in [0, 0.1) is 6.92 Å². The molecule has 2 heterocycles. The van der Waals surface area contributed by atoms with Gasteiger partial charge in [-0.15, -0.1) is 5.10 Å². The fraction of sp³-hybridized carbons (Fsp3) is 0.0667. The van der Waals surface area contributed by atoms with Gasteiger partial charge in [0, 0.05) is 5.56 Å². The van der Waals surface area contributed by atoms with Crippen LogP contribution in [-0.2, 0) is 0 Å². The molecule has 2 aromatic heterocycles. The van der Waals surface area contributed by atoms with E-state index in [0.717, 1.165) is 16.6 Å². The van der Waals surface area contributed by atoms with Crippen molar-refractivity contribution in [3.05, 3.63) is 54.1 Å². The molecule has 0 unspecified atom stereocenters. The lowest BCUT2D eigenvalue weighted by Crippen LogP contribution is -1.98. The lowest BCUT2D eigenvalue weighted by molar-refractivity contribution is 0.425. The number of aromatic nitrogens is 5. The molecule has 0 N–H and O–H groups in total. The summed E-state index contributed by atoms with van der Waals surface area (Å²) >= 11 is 0. The molecule has 0 saturated heterocycles. The van der Waals surface area contributed by atoms with E-state index in [0.29, 0.717) is 11.8 Å². The molecule has 0 aliphatic carbocycles. The molecule has 0 aliphatic rings. The summed E-state index contributed by atoms with van der Waals surface area (Å²) in [6.45, 7) is 2.03. The number of hydrogen-bond acceptors (Lipinski definition) is 5. The van der Waals surface area contributed by atoms with Crippen LogP contribution in [0.4, 0.5) is 0 Å². The molecule has 21 heavy (non-hydrogen) atoms. The first kappa shape index (κ1) is 11.8. The molecule has 0 spiro atoms. The maximum absolute atomic E-state index is 5.31. The molecule has 4 rings (SSSR count). The zero-order valence-corrected chi connectivity index (χ0v) is 11.3. The fourth-order valence-corrected chi connectivity index (χ4v) is 2.13. The van der Waals surface area contributed by atoms with Gasteiger partial charge in [-0.2, -0.15) is 9.67 Å². The van der Waals surface area contributed by atoms with Gasteiger partial charge in [0.1, 0.15) is 5.52 Å². The van der Waals surface area contributed by atoms with Crippen LogP contribution in [0.25, 0.3) is 28.4 Å². The maximum Gasteiger partial charge on any atom is 0.293 e. The second-order valence-electron chi connectivity index (χ2n) is 4.76. The minimum atomic E-state index is 0.374. The van der Waals surface area contributed by atoms with E-state index in [1.807, 2.05) is 55.5 Å². The van der Waals surface area contributed by atoms with Crippen LogP contribution in [-0.4, -0.2) is 25.1 Å². The van der Waals surface area contributed by atoms with Crippen LogP contribution in [0.5, 0.6) is 0 Å². The van der Waals surface area contributed by atoms with Gasteiger partial charge in [-0.25, -0.2) is 0 Å². The Morgan fingerprint density at radius 1 is 1.00 bits per heavy atom. The van der Waals surface area contributed by atoms with Crippen molar-refractivity contribution in [2.75, 3.05) is 0 Å². The first-order valence-corrected chi connectivity index (χ1v) is 6.53. The van der Waals surface area contributed by atoms with Crippen LogP contribution >= 0.6 is 0 Å². The topological polar surface area (TPSA) is 69.6 Å². The molecule has 6 heteroatoms. The summed E-state index contributed by atoms with van der Waals surface area (Å²) in [5.41, 5.74) is 3.69. The summed E-state index contributed by atoms with van der Waals surface area (Å²) < 4.78 is 6.88. The van der Waals surface area contributed by atoms with Crippen molar-refractivity contribution in [1.29, 1.82) is 0 Å². The normalized spacial score (nSPS) is 11.1. The molecule has 4 aromatic rings.